The predicted molar refractivity (Wildman–Crippen MR) is 83.6 cm³/mol. The summed E-state index contributed by atoms with van der Waals surface area (Å²) in [6, 6.07) is 10.3. The number of aryl methyl sites for hydroxylation is 2. The molecule has 0 aliphatic heterocycles. The minimum atomic E-state index is 0. The van der Waals surface area contributed by atoms with Crippen LogP contribution in [0.5, 0.6) is 5.75 Å². The van der Waals surface area contributed by atoms with Gasteiger partial charge in [-0.05, 0) is 43.7 Å². The average Bonchev–Trinajstić information content (AvgIpc) is 2.73. The third-order valence-corrected chi connectivity index (χ3v) is 3.13. The number of benzene rings is 1. The van der Waals surface area contributed by atoms with Crippen LogP contribution in [0, 0.1) is 6.92 Å². The highest BCUT2D eigenvalue weighted by atomic mass is 35.5. The largest absolute Gasteiger partial charge is 0.497 e. The van der Waals surface area contributed by atoms with Crippen LogP contribution in [0.3, 0.4) is 0 Å². The zero-order valence-corrected chi connectivity index (χ0v) is 13.0. The van der Waals surface area contributed by atoms with E-state index in [0.717, 1.165) is 31.0 Å². The molecule has 0 amide bonds. The van der Waals surface area contributed by atoms with Gasteiger partial charge in [0, 0.05) is 13.6 Å². The molecule has 0 unspecified atom stereocenters. The molecule has 0 radical (unpaired) electrons. The number of rotatable bonds is 6. The molecule has 1 aromatic carbocycles. The van der Waals surface area contributed by atoms with Crippen LogP contribution < -0.4 is 10.1 Å². The lowest BCUT2D eigenvalue weighted by molar-refractivity contribution is 0.414. The maximum atomic E-state index is 5.22. The highest BCUT2D eigenvalue weighted by Gasteiger charge is 2.01. The highest BCUT2D eigenvalue weighted by molar-refractivity contribution is 5.85. The van der Waals surface area contributed by atoms with Gasteiger partial charge in [-0.15, -0.1) is 12.4 Å². The monoisotopic (exact) mass is 295 g/mol. The Labute approximate surface area is 126 Å². The van der Waals surface area contributed by atoms with Crippen LogP contribution in [0.2, 0.25) is 0 Å². The van der Waals surface area contributed by atoms with Gasteiger partial charge in [0.1, 0.15) is 5.75 Å². The maximum Gasteiger partial charge on any atom is 0.119 e. The van der Waals surface area contributed by atoms with Crippen molar-refractivity contribution in [3.8, 4) is 5.75 Å². The van der Waals surface area contributed by atoms with E-state index >= 15 is 0 Å². The Morgan fingerprint density at radius 3 is 2.75 bits per heavy atom. The van der Waals surface area contributed by atoms with Crippen molar-refractivity contribution in [3.63, 3.8) is 0 Å². The van der Waals surface area contributed by atoms with Gasteiger partial charge in [0.15, 0.2) is 0 Å². The van der Waals surface area contributed by atoms with Crippen molar-refractivity contribution in [1.82, 2.24) is 15.1 Å². The summed E-state index contributed by atoms with van der Waals surface area (Å²) in [5.41, 5.74) is 3.56. The van der Waals surface area contributed by atoms with Crippen LogP contribution in [0.15, 0.2) is 30.3 Å². The van der Waals surface area contributed by atoms with Gasteiger partial charge >= 0.3 is 0 Å². The van der Waals surface area contributed by atoms with Gasteiger partial charge in [0.05, 0.1) is 18.5 Å². The first-order valence-electron chi connectivity index (χ1n) is 6.52. The van der Waals surface area contributed by atoms with Gasteiger partial charge in [-0.3, -0.25) is 4.68 Å². The Hall–Kier alpha value is -1.52. The van der Waals surface area contributed by atoms with Gasteiger partial charge in [-0.2, -0.15) is 5.10 Å². The van der Waals surface area contributed by atoms with Gasteiger partial charge in [-0.25, -0.2) is 0 Å². The van der Waals surface area contributed by atoms with Crippen molar-refractivity contribution in [2.45, 2.75) is 19.9 Å². The van der Waals surface area contributed by atoms with Crippen molar-refractivity contribution in [2.75, 3.05) is 13.7 Å². The van der Waals surface area contributed by atoms with Crippen molar-refractivity contribution in [1.29, 1.82) is 0 Å². The summed E-state index contributed by atoms with van der Waals surface area (Å²) in [5.74, 6) is 0.916. The van der Waals surface area contributed by atoms with Crippen molar-refractivity contribution in [2.24, 2.45) is 7.05 Å². The average molecular weight is 296 g/mol. The number of halogens is 1. The van der Waals surface area contributed by atoms with Crippen LogP contribution in [0.1, 0.15) is 17.0 Å². The molecular formula is C15H22ClN3O. The van der Waals surface area contributed by atoms with Crippen LogP contribution in [0.4, 0.5) is 0 Å². The number of nitrogens with one attached hydrogen (secondary N) is 1. The number of aromatic nitrogens is 2. The normalized spacial score (nSPS) is 10.2. The van der Waals surface area contributed by atoms with Crippen LogP contribution >= 0.6 is 12.4 Å². The molecule has 110 valence electrons. The molecule has 5 heteroatoms. The standard InChI is InChI=1S/C15H21N3O.ClH/c1-12-9-14(18(2)17-12)11-16-8-7-13-5-4-6-15(10-13)19-3;/h4-6,9-10,16H,7-8,11H2,1-3H3;1H. The number of hydrogen-bond acceptors (Lipinski definition) is 3. The first-order chi connectivity index (χ1) is 9.19. The van der Waals surface area contributed by atoms with Crippen LogP contribution in [0.25, 0.3) is 0 Å². The molecule has 2 rings (SSSR count). The van der Waals surface area contributed by atoms with E-state index in [1.807, 2.05) is 30.8 Å². The highest BCUT2D eigenvalue weighted by Crippen LogP contribution is 2.12. The molecule has 2 aromatic rings. The molecule has 0 aliphatic rings. The summed E-state index contributed by atoms with van der Waals surface area (Å²) in [5, 5.41) is 7.77. The molecule has 0 fully saturated rings. The summed E-state index contributed by atoms with van der Waals surface area (Å²) in [4.78, 5) is 0. The van der Waals surface area contributed by atoms with Gasteiger partial charge < -0.3 is 10.1 Å². The van der Waals surface area contributed by atoms with Gasteiger partial charge in [0.2, 0.25) is 0 Å². The molecule has 0 spiro atoms. The molecule has 4 nitrogen and oxygen atoms in total. The quantitative estimate of drug-likeness (QED) is 0.832. The first kappa shape index (κ1) is 16.5. The topological polar surface area (TPSA) is 39.1 Å². The van der Waals surface area contributed by atoms with E-state index in [-0.39, 0.29) is 12.4 Å². The zero-order chi connectivity index (χ0) is 13.7. The molecule has 20 heavy (non-hydrogen) atoms. The second-order valence-electron chi connectivity index (χ2n) is 4.68. The first-order valence-corrected chi connectivity index (χ1v) is 6.52. The second kappa shape index (κ2) is 7.92. The Morgan fingerprint density at radius 2 is 2.10 bits per heavy atom. The number of hydrogen-bond donors (Lipinski definition) is 1. The Morgan fingerprint density at radius 1 is 1.30 bits per heavy atom. The second-order valence-corrected chi connectivity index (χ2v) is 4.68. The zero-order valence-electron chi connectivity index (χ0n) is 12.2. The van der Waals surface area contributed by atoms with Crippen LogP contribution in [-0.2, 0) is 20.0 Å². The van der Waals surface area contributed by atoms with E-state index in [9.17, 15) is 0 Å². The maximum absolute atomic E-state index is 5.22. The lowest BCUT2D eigenvalue weighted by atomic mass is 10.1. The van der Waals surface area contributed by atoms with Crippen molar-refractivity contribution < 1.29 is 4.74 Å². The number of methoxy groups -OCH3 is 1. The molecule has 0 atom stereocenters. The van der Waals surface area contributed by atoms with E-state index in [0.29, 0.717) is 0 Å². The van der Waals surface area contributed by atoms with Crippen molar-refractivity contribution >= 4 is 12.4 Å². The summed E-state index contributed by atoms with van der Waals surface area (Å²) in [6.45, 7) is 3.80. The molecule has 0 aliphatic carbocycles. The summed E-state index contributed by atoms with van der Waals surface area (Å²) < 4.78 is 7.14. The summed E-state index contributed by atoms with van der Waals surface area (Å²) in [7, 11) is 3.67. The van der Waals surface area contributed by atoms with Gasteiger partial charge in [0.25, 0.3) is 0 Å². The van der Waals surface area contributed by atoms with E-state index in [2.05, 4.69) is 28.6 Å². The minimum Gasteiger partial charge on any atom is -0.497 e. The van der Waals surface area contributed by atoms with Gasteiger partial charge in [-0.1, -0.05) is 12.1 Å². The predicted octanol–water partition coefficient (Wildman–Crippen LogP) is 2.49. The molecule has 1 heterocycles. The number of ether oxygens (including phenoxy) is 1. The summed E-state index contributed by atoms with van der Waals surface area (Å²) in [6.07, 6.45) is 0.994. The van der Waals surface area contributed by atoms with E-state index in [1.165, 1.54) is 11.3 Å². The molecule has 0 bridgehead atoms. The van der Waals surface area contributed by atoms with Crippen molar-refractivity contribution in [3.05, 3.63) is 47.3 Å². The summed E-state index contributed by atoms with van der Waals surface area (Å²) >= 11 is 0. The third-order valence-electron chi connectivity index (χ3n) is 3.13. The fourth-order valence-corrected chi connectivity index (χ4v) is 2.11. The van der Waals surface area contributed by atoms with E-state index in [1.54, 1.807) is 7.11 Å². The fourth-order valence-electron chi connectivity index (χ4n) is 2.11. The molecule has 0 saturated heterocycles. The lowest BCUT2D eigenvalue weighted by Gasteiger charge is -2.06. The SMILES string of the molecule is COc1cccc(CCNCc2cc(C)nn2C)c1.Cl. The third kappa shape index (κ3) is 4.54. The Balaban J connectivity index is 0.00000200. The van der Waals surface area contributed by atoms with E-state index in [4.69, 9.17) is 4.74 Å². The smallest absolute Gasteiger partial charge is 0.119 e. The molecule has 0 saturated carbocycles. The fraction of sp³-hybridized carbons (Fsp3) is 0.400. The molecule has 1 N–H and O–H groups in total. The molecule has 1 aromatic heterocycles. The minimum absolute atomic E-state index is 0. The van der Waals surface area contributed by atoms with E-state index < -0.39 is 0 Å². The lowest BCUT2D eigenvalue weighted by Crippen LogP contribution is -2.18. The van der Waals surface area contributed by atoms with Crippen LogP contribution in [-0.4, -0.2) is 23.4 Å². The Kier molecular flexibility index (Phi) is 6.55. The Bertz CT molecular complexity index is 540. The number of nitrogens with zero attached hydrogens (tertiary/aromatic N) is 2. The molecular weight excluding hydrogens is 274 g/mol.